The Morgan fingerprint density at radius 3 is 2.62 bits per heavy atom. The van der Waals surface area contributed by atoms with E-state index in [2.05, 4.69) is 5.43 Å². The minimum Gasteiger partial charge on any atom is -0.496 e. The van der Waals surface area contributed by atoms with Gasteiger partial charge in [0, 0.05) is 11.1 Å². The number of amides is 2. The highest BCUT2D eigenvalue weighted by Gasteiger charge is 2.34. The average molecular weight is 388 g/mol. The zero-order valence-corrected chi connectivity index (χ0v) is 15.2. The molecular weight excluding hydrogens is 375 g/mol. The van der Waals surface area contributed by atoms with Gasteiger partial charge in [0.15, 0.2) is 4.32 Å². The van der Waals surface area contributed by atoms with Gasteiger partial charge in [0.1, 0.15) is 11.6 Å². The Morgan fingerprint density at radius 1 is 1.23 bits per heavy atom. The summed E-state index contributed by atoms with van der Waals surface area (Å²) in [5, 5.41) is 1.01. The number of nitrogens with one attached hydrogen (secondary N) is 1. The molecule has 0 spiro atoms. The summed E-state index contributed by atoms with van der Waals surface area (Å²) in [5.74, 6) is -0.832. The van der Waals surface area contributed by atoms with E-state index in [4.69, 9.17) is 17.0 Å². The maximum atomic E-state index is 13.0. The average Bonchev–Trinajstić information content (AvgIpc) is 2.90. The van der Waals surface area contributed by atoms with E-state index in [1.54, 1.807) is 19.3 Å². The number of para-hydroxylation sites is 1. The largest absolute Gasteiger partial charge is 0.496 e. The summed E-state index contributed by atoms with van der Waals surface area (Å²) in [4.78, 5) is 25.2. The minimum atomic E-state index is -0.556. The SMILES string of the molecule is COc1ccccc1/C=C1/SC(=S)N(NC(=O)c2ccc(F)cc2)C1=O. The van der Waals surface area contributed by atoms with Gasteiger partial charge in [-0.05, 0) is 48.6 Å². The van der Waals surface area contributed by atoms with E-state index in [-0.39, 0.29) is 9.88 Å². The summed E-state index contributed by atoms with van der Waals surface area (Å²) < 4.78 is 18.4. The number of nitrogens with zero attached hydrogens (tertiary/aromatic N) is 1. The Kier molecular flexibility index (Phi) is 5.34. The second-order valence-corrected chi connectivity index (χ2v) is 6.88. The Morgan fingerprint density at radius 2 is 1.92 bits per heavy atom. The molecule has 3 rings (SSSR count). The Hall–Kier alpha value is -2.71. The molecule has 2 aromatic rings. The van der Waals surface area contributed by atoms with E-state index in [9.17, 15) is 14.0 Å². The van der Waals surface area contributed by atoms with Gasteiger partial charge >= 0.3 is 0 Å². The first-order valence-corrected chi connectivity index (χ1v) is 8.69. The van der Waals surface area contributed by atoms with E-state index >= 15 is 0 Å². The Balaban J connectivity index is 1.79. The molecule has 26 heavy (non-hydrogen) atoms. The van der Waals surface area contributed by atoms with Crippen LogP contribution in [-0.4, -0.2) is 28.3 Å². The highest BCUT2D eigenvalue weighted by atomic mass is 32.2. The molecule has 0 unspecified atom stereocenters. The first-order valence-electron chi connectivity index (χ1n) is 7.47. The van der Waals surface area contributed by atoms with E-state index in [1.165, 1.54) is 24.3 Å². The van der Waals surface area contributed by atoms with Crippen LogP contribution in [0.15, 0.2) is 53.4 Å². The van der Waals surface area contributed by atoms with E-state index in [0.717, 1.165) is 22.3 Å². The smallest absolute Gasteiger partial charge is 0.285 e. The first-order chi connectivity index (χ1) is 12.5. The summed E-state index contributed by atoms with van der Waals surface area (Å²) in [6.07, 6.45) is 1.65. The number of benzene rings is 2. The van der Waals surface area contributed by atoms with Gasteiger partial charge < -0.3 is 4.74 Å². The van der Waals surface area contributed by atoms with E-state index < -0.39 is 17.6 Å². The topological polar surface area (TPSA) is 58.6 Å². The summed E-state index contributed by atoms with van der Waals surface area (Å²) in [6, 6.07) is 12.2. The van der Waals surface area contributed by atoms with Gasteiger partial charge in [0.2, 0.25) is 0 Å². The lowest BCUT2D eigenvalue weighted by Crippen LogP contribution is -2.44. The van der Waals surface area contributed by atoms with Crippen molar-refractivity contribution >= 4 is 46.2 Å². The lowest BCUT2D eigenvalue weighted by atomic mass is 10.2. The molecule has 5 nitrogen and oxygen atoms in total. The minimum absolute atomic E-state index is 0.201. The number of hydrogen-bond donors (Lipinski definition) is 1. The standard InChI is InChI=1S/C18H13FN2O3S2/c1-24-14-5-3-2-4-12(14)10-15-17(23)21(18(25)26-15)20-16(22)11-6-8-13(19)9-7-11/h2-10H,1H3,(H,20,22)/b15-10+. The fourth-order valence-electron chi connectivity index (χ4n) is 2.26. The van der Waals surface area contributed by atoms with Crippen LogP contribution in [0.5, 0.6) is 5.75 Å². The highest BCUT2D eigenvalue weighted by Crippen LogP contribution is 2.33. The van der Waals surface area contributed by atoms with Crippen molar-refractivity contribution in [3.05, 3.63) is 70.4 Å². The number of carbonyl (C=O) groups excluding carboxylic acids is 2. The zero-order chi connectivity index (χ0) is 18.7. The number of carbonyl (C=O) groups is 2. The molecule has 1 fully saturated rings. The zero-order valence-electron chi connectivity index (χ0n) is 13.6. The first kappa shape index (κ1) is 18.1. The molecule has 1 saturated heterocycles. The van der Waals surface area contributed by atoms with Crippen LogP contribution in [0.4, 0.5) is 4.39 Å². The van der Waals surface area contributed by atoms with Crippen LogP contribution >= 0.6 is 24.0 Å². The molecule has 0 aliphatic carbocycles. The Bertz CT molecular complexity index is 913. The summed E-state index contributed by atoms with van der Waals surface area (Å²) in [7, 11) is 1.54. The van der Waals surface area contributed by atoms with Crippen molar-refractivity contribution in [2.45, 2.75) is 0 Å². The van der Waals surface area contributed by atoms with Crippen LogP contribution in [0, 0.1) is 5.82 Å². The molecule has 0 radical (unpaired) electrons. The third-order valence-electron chi connectivity index (χ3n) is 3.54. The van der Waals surface area contributed by atoms with Crippen LogP contribution in [0.2, 0.25) is 0 Å². The molecular formula is C18H13FN2O3S2. The molecule has 0 aromatic heterocycles. The van der Waals surface area contributed by atoms with Crippen molar-refractivity contribution in [1.82, 2.24) is 10.4 Å². The molecule has 2 aromatic carbocycles. The predicted octanol–water partition coefficient (Wildman–Crippen LogP) is 3.38. The maximum absolute atomic E-state index is 13.0. The van der Waals surface area contributed by atoms with Gasteiger partial charge in [0.05, 0.1) is 12.0 Å². The van der Waals surface area contributed by atoms with Crippen LogP contribution in [0.1, 0.15) is 15.9 Å². The molecule has 1 aliphatic heterocycles. The van der Waals surface area contributed by atoms with Gasteiger partial charge in [-0.3, -0.25) is 15.0 Å². The quantitative estimate of drug-likeness (QED) is 0.643. The van der Waals surface area contributed by atoms with Crippen LogP contribution < -0.4 is 10.2 Å². The molecule has 2 amide bonds. The van der Waals surface area contributed by atoms with Crippen molar-refractivity contribution in [3.8, 4) is 5.75 Å². The lowest BCUT2D eigenvalue weighted by molar-refractivity contribution is -0.123. The van der Waals surface area contributed by atoms with Gasteiger partial charge in [0.25, 0.3) is 11.8 Å². The van der Waals surface area contributed by atoms with Crippen molar-refractivity contribution < 1.29 is 18.7 Å². The fraction of sp³-hybridized carbons (Fsp3) is 0.0556. The second kappa shape index (κ2) is 7.67. The molecule has 0 atom stereocenters. The number of thiocarbonyl (C=S) groups is 1. The lowest BCUT2D eigenvalue weighted by Gasteiger charge is -2.15. The van der Waals surface area contributed by atoms with E-state index in [0.29, 0.717) is 10.7 Å². The van der Waals surface area contributed by atoms with E-state index in [1.807, 2.05) is 18.2 Å². The maximum Gasteiger partial charge on any atom is 0.285 e. The molecule has 132 valence electrons. The molecule has 0 saturated carbocycles. The predicted molar refractivity (Wildman–Crippen MR) is 102 cm³/mol. The van der Waals surface area contributed by atoms with Crippen molar-refractivity contribution in [2.24, 2.45) is 0 Å². The van der Waals surface area contributed by atoms with Crippen LogP contribution in [0.25, 0.3) is 6.08 Å². The van der Waals surface area contributed by atoms with Gasteiger partial charge in [-0.2, -0.15) is 5.01 Å². The number of ether oxygens (including phenoxy) is 1. The molecule has 8 heteroatoms. The highest BCUT2D eigenvalue weighted by molar-refractivity contribution is 8.26. The second-order valence-electron chi connectivity index (χ2n) is 5.21. The van der Waals surface area contributed by atoms with Crippen molar-refractivity contribution in [1.29, 1.82) is 0 Å². The summed E-state index contributed by atoms with van der Waals surface area (Å²) >= 11 is 6.26. The van der Waals surface area contributed by atoms with Gasteiger partial charge in [-0.15, -0.1) is 0 Å². The van der Waals surface area contributed by atoms with Gasteiger partial charge in [-0.1, -0.05) is 30.0 Å². The van der Waals surface area contributed by atoms with Crippen molar-refractivity contribution in [2.75, 3.05) is 7.11 Å². The molecule has 1 N–H and O–H groups in total. The number of halogens is 1. The summed E-state index contributed by atoms with van der Waals surface area (Å²) in [5.41, 5.74) is 3.39. The fourth-order valence-corrected chi connectivity index (χ4v) is 3.43. The number of rotatable bonds is 4. The third-order valence-corrected chi connectivity index (χ3v) is 4.84. The molecule has 0 bridgehead atoms. The number of hydrazine groups is 1. The molecule has 1 aliphatic rings. The number of hydrogen-bond acceptors (Lipinski definition) is 5. The number of thioether (sulfide) groups is 1. The van der Waals surface area contributed by atoms with Gasteiger partial charge in [-0.25, -0.2) is 4.39 Å². The number of methoxy groups -OCH3 is 1. The monoisotopic (exact) mass is 388 g/mol. The normalized spacial score (nSPS) is 15.5. The summed E-state index contributed by atoms with van der Waals surface area (Å²) in [6.45, 7) is 0. The molecule has 1 heterocycles. The Labute approximate surface area is 158 Å². The van der Waals surface area contributed by atoms with Crippen molar-refractivity contribution in [3.63, 3.8) is 0 Å². The third kappa shape index (κ3) is 3.76. The van der Waals surface area contributed by atoms with Crippen LogP contribution in [-0.2, 0) is 4.79 Å². The van der Waals surface area contributed by atoms with Crippen LogP contribution in [0.3, 0.4) is 0 Å².